The van der Waals surface area contributed by atoms with Crippen molar-refractivity contribution < 1.29 is 17.9 Å². The predicted octanol–water partition coefficient (Wildman–Crippen LogP) is 1.06. The van der Waals surface area contributed by atoms with Crippen LogP contribution in [0.15, 0.2) is 12.1 Å². The Bertz CT molecular complexity index is 588. The molecule has 0 radical (unpaired) electrons. The molecule has 6 nitrogen and oxygen atoms in total. The Labute approximate surface area is 110 Å². The van der Waals surface area contributed by atoms with Gasteiger partial charge in [-0.2, -0.15) is 0 Å². The van der Waals surface area contributed by atoms with Crippen molar-refractivity contribution in [3.05, 3.63) is 23.0 Å². The van der Waals surface area contributed by atoms with Crippen LogP contribution in [0.25, 0.3) is 0 Å². The molecule has 2 heterocycles. The Morgan fingerprint density at radius 2 is 2.22 bits per heavy atom. The molecule has 0 N–H and O–H groups in total. The van der Waals surface area contributed by atoms with Gasteiger partial charge >= 0.3 is 5.97 Å². The van der Waals surface area contributed by atoms with Gasteiger partial charge < -0.3 is 4.74 Å². The number of hydrogen-bond donors (Lipinski definition) is 0. The number of rotatable bonds is 2. The largest absolute Gasteiger partial charge is 0.464 e. The Kier molecular flexibility index (Phi) is 3.45. The average molecular weight is 291 g/mol. The molecule has 18 heavy (non-hydrogen) atoms. The molecule has 8 heteroatoms. The van der Waals surface area contributed by atoms with Gasteiger partial charge in [-0.25, -0.2) is 18.2 Å². The third-order valence-corrected chi connectivity index (χ3v) is 4.73. The van der Waals surface area contributed by atoms with Gasteiger partial charge in [0.2, 0.25) is 10.0 Å². The number of ether oxygens (including phenoxy) is 1. The fraction of sp³-hybridized carbons (Fsp3) is 0.400. The molecular formula is C10H11ClN2O4S. The standard InChI is InChI=1S/C10H11ClN2O4S/c1-17-10(14)7-3-4-8(9(11)12-7)13-5-2-6-18(13,15)16/h3-4H,2,5-6H2,1H3. The second-order valence-corrected chi connectivity index (χ2v) is 6.11. The van der Waals surface area contributed by atoms with Crippen molar-refractivity contribution in [2.24, 2.45) is 0 Å². The summed E-state index contributed by atoms with van der Waals surface area (Å²) in [5.41, 5.74) is 0.338. The lowest BCUT2D eigenvalue weighted by Gasteiger charge is -2.17. The zero-order chi connectivity index (χ0) is 13.3. The monoisotopic (exact) mass is 290 g/mol. The minimum Gasteiger partial charge on any atom is -0.464 e. The van der Waals surface area contributed by atoms with Gasteiger partial charge in [-0.3, -0.25) is 4.31 Å². The molecule has 98 valence electrons. The first-order valence-corrected chi connectivity index (χ1v) is 7.19. The number of methoxy groups -OCH3 is 1. The van der Waals surface area contributed by atoms with Crippen LogP contribution >= 0.6 is 11.6 Å². The number of halogens is 1. The molecule has 0 saturated carbocycles. The molecule has 0 aromatic carbocycles. The van der Waals surface area contributed by atoms with Crippen molar-refractivity contribution in [1.29, 1.82) is 0 Å². The summed E-state index contributed by atoms with van der Waals surface area (Å²) < 4.78 is 29.2. The van der Waals surface area contributed by atoms with Crippen molar-refractivity contribution in [3.8, 4) is 0 Å². The summed E-state index contributed by atoms with van der Waals surface area (Å²) in [4.78, 5) is 15.1. The van der Waals surface area contributed by atoms with Crippen LogP contribution in [0, 0.1) is 0 Å². The smallest absolute Gasteiger partial charge is 0.356 e. The van der Waals surface area contributed by atoms with E-state index in [2.05, 4.69) is 9.72 Å². The highest BCUT2D eigenvalue weighted by Crippen LogP contribution is 2.29. The molecule has 0 atom stereocenters. The van der Waals surface area contributed by atoms with Crippen LogP contribution in [0.2, 0.25) is 5.15 Å². The first-order valence-electron chi connectivity index (χ1n) is 5.21. The SMILES string of the molecule is COC(=O)c1ccc(N2CCCS2(=O)=O)c(Cl)n1. The van der Waals surface area contributed by atoms with Crippen LogP contribution in [-0.4, -0.2) is 38.8 Å². The van der Waals surface area contributed by atoms with E-state index in [1.54, 1.807) is 0 Å². The topological polar surface area (TPSA) is 76.6 Å². The van der Waals surface area contributed by atoms with Crippen molar-refractivity contribution in [1.82, 2.24) is 4.98 Å². The highest BCUT2D eigenvalue weighted by Gasteiger charge is 2.30. The Balaban J connectivity index is 2.39. The second-order valence-electron chi connectivity index (χ2n) is 3.74. The van der Waals surface area contributed by atoms with Gasteiger partial charge in [-0.05, 0) is 18.6 Å². The van der Waals surface area contributed by atoms with Crippen molar-refractivity contribution >= 4 is 33.3 Å². The van der Waals surface area contributed by atoms with Crippen LogP contribution in [-0.2, 0) is 14.8 Å². The maximum atomic E-state index is 11.7. The molecule has 1 aromatic heterocycles. The van der Waals surface area contributed by atoms with E-state index >= 15 is 0 Å². The summed E-state index contributed by atoms with van der Waals surface area (Å²) in [6.07, 6.45) is 0.553. The predicted molar refractivity (Wildman–Crippen MR) is 66.3 cm³/mol. The zero-order valence-electron chi connectivity index (χ0n) is 9.59. The number of carbonyl (C=O) groups excluding carboxylic acids is 1. The summed E-state index contributed by atoms with van der Waals surface area (Å²) in [7, 11) is -2.08. The number of aromatic nitrogens is 1. The maximum absolute atomic E-state index is 11.7. The molecule has 1 aliphatic rings. The summed E-state index contributed by atoms with van der Waals surface area (Å²) in [5.74, 6) is -0.519. The third kappa shape index (κ3) is 2.28. The zero-order valence-corrected chi connectivity index (χ0v) is 11.2. The lowest BCUT2D eigenvalue weighted by atomic mass is 10.3. The number of sulfonamides is 1. The van der Waals surface area contributed by atoms with E-state index in [0.29, 0.717) is 18.7 Å². The number of carbonyl (C=O) groups is 1. The van der Waals surface area contributed by atoms with Gasteiger partial charge in [0.25, 0.3) is 0 Å². The molecule has 1 saturated heterocycles. The van der Waals surface area contributed by atoms with Crippen LogP contribution in [0.4, 0.5) is 5.69 Å². The van der Waals surface area contributed by atoms with Gasteiger partial charge in [0.1, 0.15) is 5.69 Å². The van der Waals surface area contributed by atoms with Gasteiger partial charge in [0.05, 0.1) is 18.6 Å². The van der Waals surface area contributed by atoms with E-state index in [-0.39, 0.29) is 16.6 Å². The third-order valence-electron chi connectivity index (χ3n) is 2.59. The van der Waals surface area contributed by atoms with E-state index in [0.717, 1.165) is 0 Å². The first kappa shape index (κ1) is 13.1. The van der Waals surface area contributed by atoms with Crippen molar-refractivity contribution in [3.63, 3.8) is 0 Å². The molecule has 0 bridgehead atoms. The summed E-state index contributed by atoms with van der Waals surface area (Å²) in [5, 5.41) is -0.0247. The Hall–Kier alpha value is -1.34. The first-order chi connectivity index (χ1) is 8.45. The number of nitrogens with zero attached hydrogens (tertiary/aromatic N) is 2. The lowest BCUT2D eigenvalue weighted by molar-refractivity contribution is 0.0594. The lowest BCUT2D eigenvalue weighted by Crippen LogP contribution is -2.25. The van der Waals surface area contributed by atoms with Gasteiger partial charge in [0, 0.05) is 6.54 Å². The second kappa shape index (κ2) is 4.74. The van der Waals surface area contributed by atoms with Crippen LogP contribution in [0.3, 0.4) is 0 Å². The molecule has 1 aliphatic heterocycles. The number of anilines is 1. The van der Waals surface area contributed by atoms with Crippen LogP contribution < -0.4 is 4.31 Å². The van der Waals surface area contributed by atoms with E-state index < -0.39 is 16.0 Å². The number of hydrogen-bond acceptors (Lipinski definition) is 5. The fourth-order valence-corrected chi connectivity index (χ4v) is 3.62. The molecule has 0 aliphatic carbocycles. The van der Waals surface area contributed by atoms with E-state index in [9.17, 15) is 13.2 Å². The normalized spacial score (nSPS) is 17.8. The average Bonchev–Trinajstić information content (AvgIpc) is 2.68. The Morgan fingerprint density at radius 3 is 2.72 bits per heavy atom. The fourth-order valence-electron chi connectivity index (χ4n) is 1.74. The summed E-state index contributed by atoms with van der Waals surface area (Å²) in [6.45, 7) is 0.376. The molecule has 1 aromatic rings. The molecule has 2 rings (SSSR count). The van der Waals surface area contributed by atoms with Crippen LogP contribution in [0.1, 0.15) is 16.9 Å². The quantitative estimate of drug-likeness (QED) is 0.601. The van der Waals surface area contributed by atoms with Gasteiger partial charge in [0.15, 0.2) is 5.15 Å². The Morgan fingerprint density at radius 1 is 1.50 bits per heavy atom. The molecule has 1 fully saturated rings. The molecular weight excluding hydrogens is 280 g/mol. The molecule has 0 unspecified atom stereocenters. The maximum Gasteiger partial charge on any atom is 0.356 e. The van der Waals surface area contributed by atoms with Crippen LogP contribution in [0.5, 0.6) is 0 Å². The summed E-state index contributed by atoms with van der Waals surface area (Å²) in [6, 6.07) is 2.85. The van der Waals surface area contributed by atoms with Gasteiger partial charge in [-0.15, -0.1) is 0 Å². The highest BCUT2D eigenvalue weighted by molar-refractivity contribution is 7.93. The minimum absolute atomic E-state index is 0.0247. The van der Waals surface area contributed by atoms with E-state index in [1.807, 2.05) is 0 Å². The van der Waals surface area contributed by atoms with E-state index in [1.165, 1.54) is 23.5 Å². The van der Waals surface area contributed by atoms with Crippen molar-refractivity contribution in [2.75, 3.05) is 23.7 Å². The van der Waals surface area contributed by atoms with Crippen molar-refractivity contribution in [2.45, 2.75) is 6.42 Å². The number of esters is 1. The summed E-state index contributed by atoms with van der Waals surface area (Å²) >= 11 is 5.91. The molecule has 0 spiro atoms. The minimum atomic E-state index is -3.31. The van der Waals surface area contributed by atoms with Gasteiger partial charge in [-0.1, -0.05) is 11.6 Å². The highest BCUT2D eigenvalue weighted by atomic mass is 35.5. The number of pyridine rings is 1. The molecule has 0 amide bonds. The van der Waals surface area contributed by atoms with E-state index in [4.69, 9.17) is 11.6 Å².